The number of ether oxygens (including phenoxy) is 2. The monoisotopic (exact) mass is 376 g/mol. The summed E-state index contributed by atoms with van der Waals surface area (Å²) in [5, 5.41) is 0. The van der Waals surface area contributed by atoms with Gasteiger partial charge in [0.25, 0.3) is 5.91 Å². The molecule has 0 atom stereocenters. The zero-order chi connectivity index (χ0) is 19.3. The van der Waals surface area contributed by atoms with Crippen LogP contribution in [-0.4, -0.2) is 23.7 Å². The second-order valence-electron chi connectivity index (χ2n) is 7.06. The highest BCUT2D eigenvalue weighted by molar-refractivity contribution is 6.06. The van der Waals surface area contributed by atoms with Gasteiger partial charge >= 0.3 is 0 Å². The lowest BCUT2D eigenvalue weighted by Crippen LogP contribution is -2.41. The van der Waals surface area contributed by atoms with Gasteiger partial charge in [-0.1, -0.05) is 44.1 Å². The smallest absolute Gasteiger partial charge is 0.253 e. The van der Waals surface area contributed by atoms with Gasteiger partial charge in [0.2, 0.25) is 6.79 Å². The number of hydrogen-bond donors (Lipinski definition) is 0. The van der Waals surface area contributed by atoms with Crippen LogP contribution in [0, 0.1) is 0 Å². The average molecular weight is 376 g/mol. The van der Waals surface area contributed by atoms with Gasteiger partial charge in [0, 0.05) is 18.3 Å². The molecular formula is C23H24N2O3. The lowest BCUT2D eigenvalue weighted by atomic mass is 9.93. The number of carbonyl (C=O) groups excluding carboxylic acids is 1. The van der Waals surface area contributed by atoms with Crippen LogP contribution in [0.5, 0.6) is 11.5 Å². The molecule has 1 aromatic heterocycles. The van der Waals surface area contributed by atoms with E-state index in [-0.39, 0.29) is 18.7 Å². The van der Waals surface area contributed by atoms with E-state index < -0.39 is 0 Å². The molecule has 1 fully saturated rings. The third kappa shape index (κ3) is 3.79. The highest BCUT2D eigenvalue weighted by Crippen LogP contribution is 2.35. The number of fused-ring (bicyclic) bond motifs is 1. The van der Waals surface area contributed by atoms with E-state index in [4.69, 9.17) is 9.47 Å². The lowest BCUT2D eigenvalue weighted by molar-refractivity contribution is -0.114. The Balaban J connectivity index is 1.66. The van der Waals surface area contributed by atoms with Crippen LogP contribution in [0.25, 0.3) is 5.57 Å². The molecule has 0 bridgehead atoms. The first kappa shape index (κ1) is 18.3. The number of rotatable bonds is 5. The average Bonchev–Trinajstić information content (AvgIpc) is 3.21. The molecule has 0 unspecified atom stereocenters. The molecule has 28 heavy (non-hydrogen) atoms. The quantitative estimate of drug-likeness (QED) is 0.558. The topological polar surface area (TPSA) is 51.7 Å². The summed E-state index contributed by atoms with van der Waals surface area (Å²) < 4.78 is 10.8. The molecule has 1 amide bonds. The van der Waals surface area contributed by atoms with Gasteiger partial charge < -0.3 is 9.47 Å². The van der Waals surface area contributed by atoms with Crippen molar-refractivity contribution < 1.29 is 14.3 Å². The molecule has 1 saturated carbocycles. The first-order chi connectivity index (χ1) is 13.8. The third-order valence-corrected chi connectivity index (χ3v) is 5.28. The summed E-state index contributed by atoms with van der Waals surface area (Å²) in [6, 6.07) is 11.5. The zero-order valence-electron chi connectivity index (χ0n) is 15.8. The van der Waals surface area contributed by atoms with Gasteiger partial charge in [-0.2, -0.15) is 0 Å². The van der Waals surface area contributed by atoms with Crippen LogP contribution in [-0.2, 0) is 4.79 Å². The molecule has 144 valence electrons. The molecule has 5 nitrogen and oxygen atoms in total. The van der Waals surface area contributed by atoms with E-state index in [0.717, 1.165) is 42.6 Å². The molecule has 0 saturated heterocycles. The predicted molar refractivity (Wildman–Crippen MR) is 109 cm³/mol. The molecule has 5 heteroatoms. The van der Waals surface area contributed by atoms with Crippen LogP contribution < -0.4 is 14.4 Å². The minimum absolute atomic E-state index is 0.0711. The standard InChI is InChI=1S/C23H24N2O3/c1-2-17(18-11-12-20-21(14-18)28-16-27-20)15-23(26)25(19-8-4-3-5-9-19)22-10-6-7-13-24-22/h2,6-7,10-15,19H,1,3-5,8-9,16H2. The molecule has 2 heterocycles. The SMILES string of the molecule is C=CC(=CC(=O)N(c1ccccn1)C1CCCCC1)c1ccc2c(c1)OCO2. The molecule has 0 radical (unpaired) electrons. The van der Waals surface area contributed by atoms with Gasteiger partial charge in [0.05, 0.1) is 0 Å². The second kappa shape index (κ2) is 8.30. The van der Waals surface area contributed by atoms with Crippen LogP contribution in [0.2, 0.25) is 0 Å². The largest absolute Gasteiger partial charge is 0.454 e. The molecule has 1 aromatic carbocycles. The maximum atomic E-state index is 13.3. The zero-order valence-corrected chi connectivity index (χ0v) is 15.8. The lowest BCUT2D eigenvalue weighted by Gasteiger charge is -2.33. The highest BCUT2D eigenvalue weighted by atomic mass is 16.7. The normalized spacial score (nSPS) is 16.6. The van der Waals surface area contributed by atoms with Crippen molar-refractivity contribution in [3.8, 4) is 11.5 Å². The van der Waals surface area contributed by atoms with Crippen LogP contribution in [0.4, 0.5) is 5.82 Å². The Labute approximate surface area is 165 Å². The Morgan fingerprint density at radius 2 is 1.93 bits per heavy atom. The number of carbonyl (C=O) groups is 1. The maximum Gasteiger partial charge on any atom is 0.253 e. The van der Waals surface area contributed by atoms with Crippen molar-refractivity contribution in [1.82, 2.24) is 4.98 Å². The highest BCUT2D eigenvalue weighted by Gasteiger charge is 2.27. The number of pyridine rings is 1. The summed E-state index contributed by atoms with van der Waals surface area (Å²) in [6.07, 6.45) is 10.6. The number of amides is 1. The Hall–Kier alpha value is -3.08. The van der Waals surface area contributed by atoms with Crippen molar-refractivity contribution in [2.45, 2.75) is 38.1 Å². The summed E-state index contributed by atoms with van der Waals surface area (Å²) in [6.45, 7) is 4.12. The first-order valence-electron chi connectivity index (χ1n) is 9.74. The van der Waals surface area contributed by atoms with E-state index in [1.807, 2.05) is 41.3 Å². The number of aromatic nitrogens is 1. The molecule has 1 aliphatic heterocycles. The summed E-state index contributed by atoms with van der Waals surface area (Å²) in [7, 11) is 0. The fourth-order valence-corrected chi connectivity index (χ4v) is 3.85. The van der Waals surface area contributed by atoms with Crippen molar-refractivity contribution in [3.63, 3.8) is 0 Å². The van der Waals surface area contributed by atoms with Crippen LogP contribution in [0.1, 0.15) is 37.7 Å². The van der Waals surface area contributed by atoms with E-state index in [1.165, 1.54) is 6.42 Å². The molecule has 0 spiro atoms. The molecule has 2 aromatic rings. The van der Waals surface area contributed by atoms with Crippen molar-refractivity contribution >= 4 is 17.3 Å². The van der Waals surface area contributed by atoms with E-state index in [2.05, 4.69) is 11.6 Å². The van der Waals surface area contributed by atoms with E-state index in [9.17, 15) is 4.79 Å². The molecular weight excluding hydrogens is 352 g/mol. The Morgan fingerprint density at radius 3 is 2.68 bits per heavy atom. The fourth-order valence-electron chi connectivity index (χ4n) is 3.85. The summed E-state index contributed by atoms with van der Waals surface area (Å²) in [5.74, 6) is 2.03. The summed E-state index contributed by atoms with van der Waals surface area (Å²) in [4.78, 5) is 19.6. The Kier molecular flexibility index (Phi) is 5.42. The van der Waals surface area contributed by atoms with Gasteiger partial charge in [0.1, 0.15) is 5.82 Å². The number of anilines is 1. The van der Waals surface area contributed by atoms with Crippen LogP contribution >= 0.6 is 0 Å². The third-order valence-electron chi connectivity index (χ3n) is 5.28. The van der Waals surface area contributed by atoms with Gasteiger partial charge in [-0.25, -0.2) is 4.98 Å². The maximum absolute atomic E-state index is 13.3. The number of allylic oxidation sites excluding steroid dienone is 2. The van der Waals surface area contributed by atoms with Crippen LogP contribution in [0.15, 0.2) is 61.3 Å². The molecule has 1 aliphatic carbocycles. The first-order valence-corrected chi connectivity index (χ1v) is 9.74. The van der Waals surface area contributed by atoms with Crippen molar-refractivity contribution in [3.05, 3.63) is 66.9 Å². The number of hydrogen-bond acceptors (Lipinski definition) is 4. The minimum Gasteiger partial charge on any atom is -0.454 e. The van der Waals surface area contributed by atoms with E-state index in [1.54, 1.807) is 18.3 Å². The Bertz CT molecular complexity index is 886. The van der Waals surface area contributed by atoms with Gasteiger partial charge in [-0.15, -0.1) is 0 Å². The van der Waals surface area contributed by atoms with E-state index >= 15 is 0 Å². The summed E-state index contributed by atoms with van der Waals surface area (Å²) in [5.41, 5.74) is 1.62. The van der Waals surface area contributed by atoms with Crippen molar-refractivity contribution in [1.29, 1.82) is 0 Å². The molecule has 4 rings (SSSR count). The van der Waals surface area contributed by atoms with Crippen LogP contribution in [0.3, 0.4) is 0 Å². The van der Waals surface area contributed by atoms with E-state index in [0.29, 0.717) is 11.6 Å². The summed E-state index contributed by atoms with van der Waals surface area (Å²) >= 11 is 0. The molecule has 0 N–H and O–H groups in total. The van der Waals surface area contributed by atoms with Gasteiger partial charge in [-0.05, 0) is 48.2 Å². The minimum atomic E-state index is -0.0711. The number of nitrogens with zero attached hydrogens (tertiary/aromatic N) is 2. The fraction of sp³-hybridized carbons (Fsp3) is 0.304. The predicted octanol–water partition coefficient (Wildman–Crippen LogP) is 4.75. The Morgan fingerprint density at radius 1 is 1.11 bits per heavy atom. The number of benzene rings is 1. The van der Waals surface area contributed by atoms with Crippen molar-refractivity contribution in [2.75, 3.05) is 11.7 Å². The molecule has 2 aliphatic rings. The van der Waals surface area contributed by atoms with Gasteiger partial charge in [-0.3, -0.25) is 9.69 Å². The van der Waals surface area contributed by atoms with Gasteiger partial charge in [0.15, 0.2) is 11.5 Å². The van der Waals surface area contributed by atoms with Crippen molar-refractivity contribution in [2.24, 2.45) is 0 Å². The second-order valence-corrected chi connectivity index (χ2v) is 7.06.